The van der Waals surface area contributed by atoms with Crippen molar-refractivity contribution < 1.29 is 9.84 Å². The van der Waals surface area contributed by atoms with Crippen LogP contribution in [0.3, 0.4) is 0 Å². The first-order valence-corrected chi connectivity index (χ1v) is 7.60. The van der Waals surface area contributed by atoms with Gasteiger partial charge in [-0.1, -0.05) is 23.9 Å². The second kappa shape index (κ2) is 6.59. The number of hydrogen-bond acceptors (Lipinski definition) is 7. The SMILES string of the molecule is COc1ccccc1Sc1c(O)nc(-c2nccc(=O)[nH]2)[nH]c1=O. The van der Waals surface area contributed by atoms with Crippen molar-refractivity contribution >= 4 is 11.8 Å². The minimum Gasteiger partial charge on any atom is -0.496 e. The standard InChI is InChI=1S/C15H12N4O4S/c1-23-8-4-2-3-5-9(8)24-11-14(21)18-13(19-15(11)22)12-16-7-6-10(20)17-12/h2-7H,1H3,(H,16,17,20)(H2,18,19,21,22). The highest BCUT2D eigenvalue weighted by Gasteiger charge is 2.16. The van der Waals surface area contributed by atoms with Gasteiger partial charge in [-0.3, -0.25) is 9.59 Å². The summed E-state index contributed by atoms with van der Waals surface area (Å²) >= 11 is 1.03. The fourth-order valence-corrected chi connectivity index (χ4v) is 2.86. The lowest BCUT2D eigenvalue weighted by atomic mass is 10.3. The van der Waals surface area contributed by atoms with Crippen LogP contribution in [-0.4, -0.2) is 32.2 Å². The molecule has 3 N–H and O–H groups in total. The molecule has 0 atom stereocenters. The maximum atomic E-state index is 12.3. The summed E-state index contributed by atoms with van der Waals surface area (Å²) < 4.78 is 5.22. The smallest absolute Gasteiger partial charge is 0.269 e. The van der Waals surface area contributed by atoms with E-state index >= 15 is 0 Å². The minimum absolute atomic E-state index is 0.0153. The highest BCUT2D eigenvalue weighted by Crippen LogP contribution is 2.36. The van der Waals surface area contributed by atoms with Gasteiger partial charge in [-0.05, 0) is 12.1 Å². The molecule has 0 unspecified atom stereocenters. The van der Waals surface area contributed by atoms with Gasteiger partial charge in [0, 0.05) is 12.3 Å². The summed E-state index contributed by atoms with van der Waals surface area (Å²) in [6.45, 7) is 0. The van der Waals surface area contributed by atoms with Gasteiger partial charge < -0.3 is 19.8 Å². The topological polar surface area (TPSA) is 121 Å². The van der Waals surface area contributed by atoms with Crippen LogP contribution in [0.1, 0.15) is 0 Å². The van der Waals surface area contributed by atoms with Crippen molar-refractivity contribution in [3.05, 3.63) is 57.2 Å². The Balaban J connectivity index is 2.02. The molecule has 0 aliphatic heterocycles. The second-order valence-electron chi connectivity index (χ2n) is 4.60. The number of nitrogens with one attached hydrogen (secondary N) is 2. The second-order valence-corrected chi connectivity index (χ2v) is 5.66. The molecule has 2 heterocycles. The van der Waals surface area contributed by atoms with Gasteiger partial charge in [0.2, 0.25) is 5.88 Å². The lowest BCUT2D eigenvalue weighted by Crippen LogP contribution is -2.14. The van der Waals surface area contributed by atoms with E-state index in [1.54, 1.807) is 24.3 Å². The number of hydrogen-bond donors (Lipinski definition) is 3. The summed E-state index contributed by atoms with van der Waals surface area (Å²) in [7, 11) is 1.52. The summed E-state index contributed by atoms with van der Waals surface area (Å²) in [5.74, 6) is 0.138. The number of rotatable bonds is 4. The number of ether oxygens (including phenoxy) is 1. The van der Waals surface area contributed by atoms with E-state index < -0.39 is 17.0 Å². The highest BCUT2D eigenvalue weighted by molar-refractivity contribution is 7.99. The maximum Gasteiger partial charge on any atom is 0.269 e. The lowest BCUT2D eigenvalue weighted by Gasteiger charge is -2.08. The molecule has 0 radical (unpaired) electrons. The Morgan fingerprint density at radius 2 is 1.92 bits per heavy atom. The van der Waals surface area contributed by atoms with Crippen LogP contribution in [0.15, 0.2) is 55.9 Å². The molecule has 8 nitrogen and oxygen atoms in total. The van der Waals surface area contributed by atoms with E-state index in [1.165, 1.54) is 19.4 Å². The molecule has 0 fully saturated rings. The first kappa shape index (κ1) is 15.8. The van der Waals surface area contributed by atoms with Gasteiger partial charge in [0.1, 0.15) is 10.6 Å². The molecule has 0 spiro atoms. The van der Waals surface area contributed by atoms with Crippen LogP contribution in [0, 0.1) is 0 Å². The third-order valence-corrected chi connectivity index (χ3v) is 4.16. The molecule has 0 aliphatic carbocycles. The molecule has 122 valence electrons. The normalized spacial score (nSPS) is 10.5. The molecule has 0 saturated heterocycles. The van der Waals surface area contributed by atoms with E-state index in [9.17, 15) is 14.7 Å². The van der Waals surface area contributed by atoms with Crippen molar-refractivity contribution in [2.24, 2.45) is 0 Å². The Labute approximate surface area is 139 Å². The molecule has 2 aromatic heterocycles. The number of aromatic amines is 2. The van der Waals surface area contributed by atoms with Crippen molar-refractivity contribution in [3.63, 3.8) is 0 Å². The number of para-hydroxylation sites is 1. The molecule has 0 amide bonds. The molecular weight excluding hydrogens is 332 g/mol. The van der Waals surface area contributed by atoms with E-state index in [0.717, 1.165) is 11.8 Å². The Morgan fingerprint density at radius 3 is 2.62 bits per heavy atom. The van der Waals surface area contributed by atoms with Crippen LogP contribution < -0.4 is 15.9 Å². The zero-order chi connectivity index (χ0) is 17.1. The van der Waals surface area contributed by atoms with E-state index in [0.29, 0.717) is 10.6 Å². The van der Waals surface area contributed by atoms with Crippen molar-refractivity contribution in [1.29, 1.82) is 0 Å². The highest BCUT2D eigenvalue weighted by atomic mass is 32.2. The number of benzene rings is 1. The van der Waals surface area contributed by atoms with Gasteiger partial charge in [-0.2, -0.15) is 4.98 Å². The molecule has 0 aliphatic rings. The zero-order valence-corrected chi connectivity index (χ0v) is 13.3. The summed E-state index contributed by atoms with van der Waals surface area (Å²) in [6, 6.07) is 8.32. The average molecular weight is 344 g/mol. The first-order chi connectivity index (χ1) is 11.6. The Hall–Kier alpha value is -3.07. The quantitative estimate of drug-likeness (QED) is 0.654. The van der Waals surface area contributed by atoms with Crippen LogP contribution in [0.2, 0.25) is 0 Å². The minimum atomic E-state index is -0.556. The van der Waals surface area contributed by atoms with E-state index in [-0.39, 0.29) is 16.5 Å². The number of nitrogens with zero attached hydrogens (tertiary/aromatic N) is 2. The summed E-state index contributed by atoms with van der Waals surface area (Å²) in [6.07, 6.45) is 1.28. The van der Waals surface area contributed by atoms with Crippen molar-refractivity contribution in [2.45, 2.75) is 9.79 Å². The lowest BCUT2D eigenvalue weighted by molar-refractivity contribution is 0.404. The zero-order valence-electron chi connectivity index (χ0n) is 12.4. The number of methoxy groups -OCH3 is 1. The van der Waals surface area contributed by atoms with Gasteiger partial charge in [0.25, 0.3) is 11.1 Å². The molecule has 3 aromatic rings. The van der Waals surface area contributed by atoms with Gasteiger partial charge in [0.15, 0.2) is 11.6 Å². The van der Waals surface area contributed by atoms with Crippen LogP contribution in [0.4, 0.5) is 0 Å². The monoisotopic (exact) mass is 344 g/mol. The third-order valence-electron chi connectivity index (χ3n) is 3.04. The summed E-state index contributed by atoms with van der Waals surface area (Å²) in [4.78, 5) is 37.0. The maximum absolute atomic E-state index is 12.3. The fraction of sp³-hybridized carbons (Fsp3) is 0.0667. The van der Waals surface area contributed by atoms with Gasteiger partial charge in [-0.15, -0.1) is 0 Å². The van der Waals surface area contributed by atoms with Gasteiger partial charge in [-0.25, -0.2) is 4.98 Å². The molecule has 3 rings (SSSR count). The third kappa shape index (κ3) is 3.15. The van der Waals surface area contributed by atoms with Gasteiger partial charge >= 0.3 is 0 Å². The summed E-state index contributed by atoms with van der Waals surface area (Å²) in [5, 5.41) is 10.1. The van der Waals surface area contributed by atoms with Crippen LogP contribution in [0.5, 0.6) is 11.6 Å². The Bertz CT molecular complexity index is 999. The van der Waals surface area contributed by atoms with Gasteiger partial charge in [0.05, 0.1) is 12.0 Å². The number of aromatic hydroxyl groups is 1. The van der Waals surface area contributed by atoms with E-state index in [2.05, 4.69) is 19.9 Å². The summed E-state index contributed by atoms with van der Waals surface area (Å²) in [5.41, 5.74) is -0.950. The predicted molar refractivity (Wildman–Crippen MR) is 87.5 cm³/mol. The Morgan fingerprint density at radius 1 is 1.12 bits per heavy atom. The van der Waals surface area contributed by atoms with Crippen LogP contribution in [-0.2, 0) is 0 Å². The first-order valence-electron chi connectivity index (χ1n) is 6.78. The van der Waals surface area contributed by atoms with Crippen molar-refractivity contribution in [1.82, 2.24) is 19.9 Å². The average Bonchev–Trinajstić information content (AvgIpc) is 2.58. The van der Waals surface area contributed by atoms with Crippen LogP contribution in [0.25, 0.3) is 11.6 Å². The molecular formula is C15H12N4O4S. The Kier molecular flexibility index (Phi) is 4.34. The predicted octanol–water partition coefficient (Wildman–Crippen LogP) is 1.39. The van der Waals surface area contributed by atoms with Crippen LogP contribution >= 0.6 is 11.8 Å². The fourth-order valence-electron chi connectivity index (χ4n) is 1.96. The molecule has 0 bridgehead atoms. The molecule has 0 saturated carbocycles. The molecule has 1 aromatic carbocycles. The number of aromatic nitrogens is 4. The molecule has 24 heavy (non-hydrogen) atoms. The largest absolute Gasteiger partial charge is 0.496 e. The van der Waals surface area contributed by atoms with E-state index in [1.807, 2.05) is 0 Å². The van der Waals surface area contributed by atoms with E-state index in [4.69, 9.17) is 4.74 Å². The van der Waals surface area contributed by atoms with Crippen molar-refractivity contribution in [2.75, 3.05) is 7.11 Å². The number of H-pyrrole nitrogens is 2. The molecule has 9 heteroatoms. The van der Waals surface area contributed by atoms with Crippen molar-refractivity contribution in [3.8, 4) is 23.3 Å².